The zero-order valence-corrected chi connectivity index (χ0v) is 11.2. The molecule has 1 aliphatic rings. The van der Waals surface area contributed by atoms with E-state index in [4.69, 9.17) is 0 Å². The molecular formula is C16H25N. The molecular weight excluding hydrogens is 206 g/mol. The van der Waals surface area contributed by atoms with Crippen molar-refractivity contribution in [1.82, 2.24) is 5.32 Å². The van der Waals surface area contributed by atoms with E-state index in [0.29, 0.717) is 0 Å². The molecule has 0 aliphatic heterocycles. The zero-order valence-electron chi connectivity index (χ0n) is 11.2. The zero-order chi connectivity index (χ0) is 12.1. The van der Waals surface area contributed by atoms with Gasteiger partial charge in [-0.1, -0.05) is 37.6 Å². The largest absolute Gasteiger partial charge is 0.314 e. The summed E-state index contributed by atoms with van der Waals surface area (Å²) in [6, 6.07) is 9.66. The fraction of sp³-hybridized carbons (Fsp3) is 0.625. The van der Waals surface area contributed by atoms with Crippen LogP contribution in [0, 0.1) is 12.8 Å². The summed E-state index contributed by atoms with van der Waals surface area (Å²) in [4.78, 5) is 0. The summed E-state index contributed by atoms with van der Waals surface area (Å²) in [7, 11) is 0. The Morgan fingerprint density at radius 1 is 1.29 bits per heavy atom. The molecule has 1 aliphatic carbocycles. The van der Waals surface area contributed by atoms with Gasteiger partial charge in [-0.3, -0.25) is 0 Å². The minimum Gasteiger partial charge on any atom is -0.314 e. The second-order valence-corrected chi connectivity index (χ2v) is 5.47. The van der Waals surface area contributed by atoms with Crippen molar-refractivity contribution in [2.75, 3.05) is 6.54 Å². The topological polar surface area (TPSA) is 12.0 Å². The Morgan fingerprint density at radius 2 is 2.06 bits per heavy atom. The van der Waals surface area contributed by atoms with E-state index < -0.39 is 0 Å². The number of nitrogens with one attached hydrogen (secondary N) is 1. The van der Waals surface area contributed by atoms with Crippen molar-refractivity contribution < 1.29 is 0 Å². The van der Waals surface area contributed by atoms with Gasteiger partial charge in [-0.25, -0.2) is 0 Å². The van der Waals surface area contributed by atoms with Crippen LogP contribution >= 0.6 is 0 Å². The summed E-state index contributed by atoms with van der Waals surface area (Å²) in [6.45, 7) is 5.72. The highest BCUT2D eigenvalue weighted by molar-refractivity contribution is 5.25. The third-order valence-corrected chi connectivity index (χ3v) is 3.74. The molecule has 94 valence electrons. The molecule has 1 fully saturated rings. The van der Waals surface area contributed by atoms with E-state index in [-0.39, 0.29) is 0 Å². The normalized spacial score (nSPS) is 17.1. The molecule has 1 saturated carbocycles. The Balaban J connectivity index is 1.88. The molecule has 1 heteroatoms. The summed E-state index contributed by atoms with van der Waals surface area (Å²) in [5.74, 6) is 0.807. The van der Waals surface area contributed by atoms with E-state index in [1.807, 2.05) is 0 Å². The monoisotopic (exact) mass is 231 g/mol. The molecule has 1 unspecified atom stereocenters. The predicted molar refractivity (Wildman–Crippen MR) is 74.3 cm³/mol. The fourth-order valence-corrected chi connectivity index (χ4v) is 2.46. The highest BCUT2D eigenvalue weighted by atomic mass is 14.9. The fourth-order valence-electron chi connectivity index (χ4n) is 2.46. The lowest BCUT2D eigenvalue weighted by Crippen LogP contribution is -2.26. The molecule has 0 bridgehead atoms. The van der Waals surface area contributed by atoms with Crippen molar-refractivity contribution in [1.29, 1.82) is 0 Å². The molecule has 0 spiro atoms. The van der Waals surface area contributed by atoms with Gasteiger partial charge in [-0.15, -0.1) is 0 Å². The summed E-state index contributed by atoms with van der Waals surface area (Å²) in [5, 5.41) is 3.68. The van der Waals surface area contributed by atoms with E-state index in [0.717, 1.165) is 12.0 Å². The van der Waals surface area contributed by atoms with Gasteiger partial charge in [0.2, 0.25) is 0 Å². The van der Waals surface area contributed by atoms with Crippen LogP contribution in [0.1, 0.15) is 43.7 Å². The molecule has 1 N–H and O–H groups in total. The predicted octanol–water partition coefficient (Wildman–Crippen LogP) is 3.71. The molecule has 1 aromatic carbocycles. The molecule has 2 rings (SSSR count). The molecule has 17 heavy (non-hydrogen) atoms. The van der Waals surface area contributed by atoms with Gasteiger partial charge >= 0.3 is 0 Å². The molecule has 0 saturated heterocycles. The van der Waals surface area contributed by atoms with Gasteiger partial charge < -0.3 is 5.32 Å². The first-order valence-electron chi connectivity index (χ1n) is 7.07. The van der Waals surface area contributed by atoms with Gasteiger partial charge in [0, 0.05) is 6.04 Å². The average Bonchev–Trinajstić information content (AvgIpc) is 3.13. The van der Waals surface area contributed by atoms with Gasteiger partial charge in [0.15, 0.2) is 0 Å². The number of benzene rings is 1. The van der Waals surface area contributed by atoms with Gasteiger partial charge in [0.25, 0.3) is 0 Å². The lowest BCUT2D eigenvalue weighted by Gasteiger charge is -2.18. The number of hydrogen-bond donors (Lipinski definition) is 1. The maximum atomic E-state index is 3.68. The molecule has 0 aromatic heterocycles. The highest BCUT2D eigenvalue weighted by Crippen LogP contribution is 2.21. The first-order valence-corrected chi connectivity index (χ1v) is 7.07. The summed E-state index contributed by atoms with van der Waals surface area (Å²) in [5.41, 5.74) is 2.98. The van der Waals surface area contributed by atoms with Gasteiger partial charge in [-0.05, 0) is 56.2 Å². The third-order valence-electron chi connectivity index (χ3n) is 3.74. The summed E-state index contributed by atoms with van der Waals surface area (Å²) >= 11 is 0. The van der Waals surface area contributed by atoms with Crippen molar-refractivity contribution in [3.8, 4) is 0 Å². The van der Waals surface area contributed by atoms with Crippen LogP contribution in [0.3, 0.4) is 0 Å². The van der Waals surface area contributed by atoms with Gasteiger partial charge in [0.05, 0.1) is 0 Å². The van der Waals surface area contributed by atoms with E-state index in [2.05, 4.69) is 43.4 Å². The maximum Gasteiger partial charge on any atom is 0.00683 e. The highest BCUT2D eigenvalue weighted by Gasteiger charge is 2.21. The molecule has 1 aromatic rings. The van der Waals surface area contributed by atoms with Gasteiger partial charge in [0.1, 0.15) is 0 Å². The average molecular weight is 231 g/mol. The minimum absolute atomic E-state index is 0.807. The number of rotatable bonds is 7. The van der Waals surface area contributed by atoms with Crippen LogP contribution in [0.4, 0.5) is 0 Å². The Labute approximate surface area is 106 Å². The van der Waals surface area contributed by atoms with Crippen LogP contribution < -0.4 is 5.32 Å². The van der Waals surface area contributed by atoms with Crippen LogP contribution in [-0.4, -0.2) is 12.6 Å². The van der Waals surface area contributed by atoms with Crippen molar-refractivity contribution in [2.24, 2.45) is 5.92 Å². The number of aryl methyl sites for hydroxylation is 1. The Kier molecular flexibility index (Phi) is 4.61. The first kappa shape index (κ1) is 12.6. The minimum atomic E-state index is 0.807. The summed E-state index contributed by atoms with van der Waals surface area (Å²) < 4.78 is 0. The molecule has 0 heterocycles. The van der Waals surface area contributed by atoms with E-state index in [9.17, 15) is 0 Å². The SMILES string of the molecule is CCCC(CNC1CC1)Cc1ccccc1C. The van der Waals surface area contributed by atoms with Crippen LogP contribution in [0.25, 0.3) is 0 Å². The van der Waals surface area contributed by atoms with Crippen molar-refractivity contribution >= 4 is 0 Å². The lowest BCUT2D eigenvalue weighted by atomic mass is 9.92. The van der Waals surface area contributed by atoms with Crippen LogP contribution in [0.15, 0.2) is 24.3 Å². The van der Waals surface area contributed by atoms with E-state index in [1.165, 1.54) is 49.8 Å². The van der Waals surface area contributed by atoms with Crippen LogP contribution in [0.2, 0.25) is 0 Å². The first-order chi connectivity index (χ1) is 8.29. The second-order valence-electron chi connectivity index (χ2n) is 5.47. The second kappa shape index (κ2) is 6.20. The number of hydrogen-bond acceptors (Lipinski definition) is 1. The van der Waals surface area contributed by atoms with Crippen molar-refractivity contribution in [3.05, 3.63) is 35.4 Å². The van der Waals surface area contributed by atoms with Crippen LogP contribution in [-0.2, 0) is 6.42 Å². The van der Waals surface area contributed by atoms with Crippen molar-refractivity contribution in [2.45, 2.75) is 52.0 Å². The lowest BCUT2D eigenvalue weighted by molar-refractivity contribution is 0.436. The van der Waals surface area contributed by atoms with Crippen LogP contribution in [0.5, 0.6) is 0 Å². The Bertz CT molecular complexity index is 341. The quantitative estimate of drug-likeness (QED) is 0.754. The van der Waals surface area contributed by atoms with Crippen molar-refractivity contribution in [3.63, 3.8) is 0 Å². The Morgan fingerprint density at radius 3 is 2.71 bits per heavy atom. The molecule has 1 atom stereocenters. The van der Waals surface area contributed by atoms with E-state index >= 15 is 0 Å². The van der Waals surface area contributed by atoms with Gasteiger partial charge in [-0.2, -0.15) is 0 Å². The van der Waals surface area contributed by atoms with E-state index in [1.54, 1.807) is 0 Å². The summed E-state index contributed by atoms with van der Waals surface area (Å²) in [6.07, 6.45) is 6.66. The maximum absolute atomic E-state index is 3.68. The smallest absolute Gasteiger partial charge is 0.00683 e. The Hall–Kier alpha value is -0.820. The standard InChI is InChI=1S/C16H25N/c1-3-6-14(12-17-16-9-10-16)11-15-8-5-4-7-13(15)2/h4-5,7-8,14,16-17H,3,6,9-12H2,1-2H3. The third kappa shape index (κ3) is 4.16. The molecule has 0 amide bonds. The molecule has 1 nitrogen and oxygen atoms in total. The molecule has 0 radical (unpaired) electrons.